The summed E-state index contributed by atoms with van der Waals surface area (Å²) in [4.78, 5) is 8.08. The molecular formula is C11H14N4O2S2. The highest BCUT2D eigenvalue weighted by molar-refractivity contribution is 7.89. The summed E-state index contributed by atoms with van der Waals surface area (Å²) >= 11 is 1.41. The minimum absolute atomic E-state index is 0.126. The Bertz CT molecular complexity index is 640. The molecule has 2 aromatic rings. The van der Waals surface area contributed by atoms with Gasteiger partial charge in [-0.2, -0.15) is 0 Å². The summed E-state index contributed by atoms with van der Waals surface area (Å²) in [6, 6.07) is 1.23. The highest BCUT2D eigenvalue weighted by atomic mass is 32.2. The van der Waals surface area contributed by atoms with Gasteiger partial charge in [0.2, 0.25) is 10.0 Å². The number of anilines is 1. The van der Waals surface area contributed by atoms with Gasteiger partial charge in [-0.05, 0) is 13.0 Å². The number of nitrogens with one attached hydrogen (secondary N) is 2. The van der Waals surface area contributed by atoms with E-state index in [4.69, 9.17) is 0 Å². The fourth-order valence-electron chi connectivity index (χ4n) is 1.60. The SMILES string of the molecule is CNc1ccncc1S(=O)(=O)NC(C)c1nccs1. The Hall–Kier alpha value is -1.51. The van der Waals surface area contributed by atoms with Crippen molar-refractivity contribution in [1.82, 2.24) is 14.7 Å². The molecule has 2 aromatic heterocycles. The Morgan fingerprint density at radius 1 is 1.37 bits per heavy atom. The van der Waals surface area contributed by atoms with Crippen molar-refractivity contribution in [1.29, 1.82) is 0 Å². The summed E-state index contributed by atoms with van der Waals surface area (Å²) < 4.78 is 27.2. The second kappa shape index (κ2) is 5.64. The average Bonchev–Trinajstić information content (AvgIpc) is 2.92. The maximum atomic E-state index is 12.3. The minimum atomic E-state index is -3.64. The van der Waals surface area contributed by atoms with Crippen molar-refractivity contribution in [2.24, 2.45) is 0 Å². The van der Waals surface area contributed by atoms with Crippen molar-refractivity contribution < 1.29 is 8.42 Å². The summed E-state index contributed by atoms with van der Waals surface area (Å²) in [6.45, 7) is 1.76. The quantitative estimate of drug-likeness (QED) is 0.876. The molecule has 0 amide bonds. The molecule has 0 saturated heterocycles. The van der Waals surface area contributed by atoms with Gasteiger partial charge < -0.3 is 5.32 Å². The van der Waals surface area contributed by atoms with E-state index in [1.165, 1.54) is 23.7 Å². The number of thiazole rings is 1. The van der Waals surface area contributed by atoms with E-state index in [9.17, 15) is 8.42 Å². The molecule has 0 bridgehead atoms. The molecule has 2 N–H and O–H groups in total. The Morgan fingerprint density at radius 2 is 2.16 bits per heavy atom. The van der Waals surface area contributed by atoms with E-state index in [0.29, 0.717) is 5.69 Å². The van der Waals surface area contributed by atoms with E-state index < -0.39 is 10.0 Å². The Kier molecular flexibility index (Phi) is 4.13. The van der Waals surface area contributed by atoms with E-state index in [1.807, 2.05) is 5.38 Å². The van der Waals surface area contributed by atoms with Crippen molar-refractivity contribution in [2.75, 3.05) is 12.4 Å². The van der Waals surface area contributed by atoms with Gasteiger partial charge in [0.1, 0.15) is 9.90 Å². The first kappa shape index (κ1) is 13.9. The van der Waals surface area contributed by atoms with Gasteiger partial charge in [0.15, 0.2) is 0 Å². The monoisotopic (exact) mass is 298 g/mol. The molecule has 8 heteroatoms. The number of nitrogens with zero attached hydrogens (tertiary/aromatic N) is 2. The van der Waals surface area contributed by atoms with Gasteiger partial charge in [-0.1, -0.05) is 0 Å². The molecule has 6 nitrogen and oxygen atoms in total. The zero-order valence-corrected chi connectivity index (χ0v) is 12.1. The van der Waals surface area contributed by atoms with Gasteiger partial charge in [-0.25, -0.2) is 18.1 Å². The number of sulfonamides is 1. The number of aromatic nitrogens is 2. The van der Waals surface area contributed by atoms with Crippen molar-refractivity contribution in [2.45, 2.75) is 17.9 Å². The molecule has 102 valence electrons. The number of hydrogen-bond acceptors (Lipinski definition) is 6. The van der Waals surface area contributed by atoms with Gasteiger partial charge in [-0.15, -0.1) is 11.3 Å². The highest BCUT2D eigenvalue weighted by Crippen LogP contribution is 2.22. The normalized spacial score (nSPS) is 13.2. The highest BCUT2D eigenvalue weighted by Gasteiger charge is 2.22. The van der Waals surface area contributed by atoms with Crippen LogP contribution in [0.4, 0.5) is 5.69 Å². The summed E-state index contributed by atoms with van der Waals surface area (Å²) in [7, 11) is -1.97. The van der Waals surface area contributed by atoms with Crippen LogP contribution in [0.25, 0.3) is 0 Å². The van der Waals surface area contributed by atoms with Gasteiger partial charge >= 0.3 is 0 Å². The minimum Gasteiger partial charge on any atom is -0.387 e. The molecule has 0 aliphatic heterocycles. The standard InChI is InChI=1S/C11H14N4O2S2/c1-8(11-14-5-6-18-11)15-19(16,17)10-7-13-4-3-9(10)12-2/h3-8,15H,1-2H3,(H,12,13). The molecular weight excluding hydrogens is 284 g/mol. The first-order valence-corrected chi connectivity index (χ1v) is 7.94. The molecule has 2 rings (SSSR count). The van der Waals surface area contributed by atoms with E-state index in [2.05, 4.69) is 20.0 Å². The maximum absolute atomic E-state index is 12.3. The molecule has 1 unspecified atom stereocenters. The maximum Gasteiger partial charge on any atom is 0.244 e. The Morgan fingerprint density at radius 3 is 2.79 bits per heavy atom. The van der Waals surface area contributed by atoms with Crippen LogP contribution >= 0.6 is 11.3 Å². The molecule has 0 aromatic carbocycles. The van der Waals surface area contributed by atoms with E-state index in [-0.39, 0.29) is 10.9 Å². The van der Waals surface area contributed by atoms with Crippen LogP contribution in [-0.4, -0.2) is 25.4 Å². The molecule has 0 spiro atoms. The van der Waals surface area contributed by atoms with Crippen LogP contribution in [-0.2, 0) is 10.0 Å². The zero-order chi connectivity index (χ0) is 13.9. The van der Waals surface area contributed by atoms with Gasteiger partial charge in [0.05, 0.1) is 11.7 Å². The molecule has 2 heterocycles. The first-order chi connectivity index (χ1) is 9.04. The van der Waals surface area contributed by atoms with E-state index in [0.717, 1.165) is 5.01 Å². The average molecular weight is 298 g/mol. The van der Waals surface area contributed by atoms with Crippen LogP contribution < -0.4 is 10.0 Å². The molecule has 0 aliphatic carbocycles. The third-order valence-corrected chi connectivity index (χ3v) is 5.02. The molecule has 0 radical (unpaired) electrons. The summed E-state index contributed by atoms with van der Waals surface area (Å²) in [5.74, 6) is 0. The van der Waals surface area contributed by atoms with Crippen LogP contribution in [0.1, 0.15) is 18.0 Å². The third-order valence-electron chi connectivity index (χ3n) is 2.50. The van der Waals surface area contributed by atoms with Gasteiger partial charge in [-0.3, -0.25) is 4.98 Å². The molecule has 1 atom stereocenters. The molecule has 0 fully saturated rings. The summed E-state index contributed by atoms with van der Waals surface area (Å²) in [5.41, 5.74) is 0.508. The van der Waals surface area contributed by atoms with E-state index >= 15 is 0 Å². The lowest BCUT2D eigenvalue weighted by Crippen LogP contribution is -2.27. The first-order valence-electron chi connectivity index (χ1n) is 5.58. The zero-order valence-electron chi connectivity index (χ0n) is 10.5. The van der Waals surface area contributed by atoms with Crippen LogP contribution in [0.2, 0.25) is 0 Å². The number of pyridine rings is 1. The molecule has 0 saturated carbocycles. The molecule has 0 aliphatic rings. The van der Waals surface area contributed by atoms with E-state index in [1.54, 1.807) is 26.2 Å². The third kappa shape index (κ3) is 3.09. The summed E-state index contributed by atoms with van der Waals surface area (Å²) in [5, 5.41) is 5.37. The van der Waals surface area contributed by atoms with Crippen molar-refractivity contribution in [3.8, 4) is 0 Å². The number of hydrogen-bond donors (Lipinski definition) is 2. The van der Waals surface area contributed by atoms with Gasteiger partial charge in [0, 0.05) is 31.0 Å². The fourth-order valence-corrected chi connectivity index (χ4v) is 3.68. The van der Waals surface area contributed by atoms with Crippen molar-refractivity contribution >= 4 is 27.0 Å². The Balaban J connectivity index is 2.28. The van der Waals surface area contributed by atoms with Crippen molar-refractivity contribution in [3.05, 3.63) is 35.0 Å². The Labute approximate surface area is 116 Å². The topological polar surface area (TPSA) is 84.0 Å². The lowest BCUT2D eigenvalue weighted by Gasteiger charge is -2.14. The van der Waals surface area contributed by atoms with Crippen LogP contribution in [0.3, 0.4) is 0 Å². The van der Waals surface area contributed by atoms with Crippen LogP contribution in [0.15, 0.2) is 34.9 Å². The second-order valence-electron chi connectivity index (χ2n) is 3.84. The van der Waals surface area contributed by atoms with Gasteiger partial charge in [0.25, 0.3) is 0 Å². The lowest BCUT2D eigenvalue weighted by atomic mass is 10.4. The molecule has 19 heavy (non-hydrogen) atoms. The predicted molar refractivity (Wildman–Crippen MR) is 74.6 cm³/mol. The number of rotatable bonds is 5. The second-order valence-corrected chi connectivity index (χ2v) is 6.44. The predicted octanol–water partition coefficient (Wildman–Crippen LogP) is 1.62. The lowest BCUT2D eigenvalue weighted by molar-refractivity contribution is 0.566. The smallest absolute Gasteiger partial charge is 0.244 e. The summed E-state index contributed by atoms with van der Waals surface area (Å²) in [6.07, 6.45) is 4.51. The largest absolute Gasteiger partial charge is 0.387 e. The van der Waals surface area contributed by atoms with Crippen LogP contribution in [0, 0.1) is 0 Å². The van der Waals surface area contributed by atoms with Crippen LogP contribution in [0.5, 0.6) is 0 Å². The van der Waals surface area contributed by atoms with Crippen molar-refractivity contribution in [3.63, 3.8) is 0 Å². The fraction of sp³-hybridized carbons (Fsp3) is 0.273.